The quantitative estimate of drug-likeness (QED) is 0.464. The second-order valence-corrected chi connectivity index (χ2v) is 4.08. The summed E-state index contributed by atoms with van der Waals surface area (Å²) in [6.07, 6.45) is 3.19. The summed E-state index contributed by atoms with van der Waals surface area (Å²) >= 11 is -2.11. The molecule has 0 radical (unpaired) electrons. The lowest BCUT2D eigenvalue weighted by Gasteiger charge is -2.20. The van der Waals surface area contributed by atoms with Crippen LogP contribution in [-0.2, 0) is 11.3 Å². The highest BCUT2D eigenvalue weighted by Crippen LogP contribution is 1.95. The van der Waals surface area contributed by atoms with E-state index in [1.54, 1.807) is 0 Å². The highest BCUT2D eigenvalue weighted by atomic mass is 32.2. The van der Waals surface area contributed by atoms with E-state index in [2.05, 4.69) is 23.5 Å². The lowest BCUT2D eigenvalue weighted by atomic mass is 10.3. The van der Waals surface area contributed by atoms with Crippen LogP contribution in [-0.4, -0.2) is 39.8 Å². The van der Waals surface area contributed by atoms with E-state index >= 15 is 0 Å². The molecule has 0 aromatic rings. The Balaban J connectivity index is 3.44. The molecule has 1 N–H and O–H groups in total. The molecule has 1 atom stereocenters. The monoisotopic (exact) mass is 221 g/mol. The third-order valence-corrected chi connectivity index (χ3v) is 2.39. The van der Waals surface area contributed by atoms with Gasteiger partial charge >= 0.3 is 0 Å². The summed E-state index contributed by atoms with van der Waals surface area (Å²) < 4.78 is 22.7. The first-order chi connectivity index (χ1) is 6.70. The van der Waals surface area contributed by atoms with Crippen LogP contribution in [0.4, 0.5) is 0 Å². The van der Waals surface area contributed by atoms with Gasteiger partial charge in [-0.2, -0.15) is 0 Å². The Bertz CT molecular complexity index is 150. The maximum atomic E-state index is 10.2. The van der Waals surface area contributed by atoms with Gasteiger partial charge in [0.05, 0.1) is 0 Å². The minimum Gasteiger partial charge on any atom is -0.760 e. The van der Waals surface area contributed by atoms with Crippen molar-refractivity contribution in [2.45, 2.75) is 33.1 Å². The third kappa shape index (κ3) is 8.62. The summed E-state index contributed by atoms with van der Waals surface area (Å²) in [5.41, 5.74) is 0. The molecule has 4 nitrogen and oxygen atoms in total. The first-order valence-corrected chi connectivity index (χ1v) is 6.33. The van der Waals surface area contributed by atoms with Crippen molar-refractivity contribution in [1.29, 1.82) is 0 Å². The van der Waals surface area contributed by atoms with Crippen LogP contribution in [0.5, 0.6) is 0 Å². The smallest absolute Gasteiger partial charge is 0.0181 e. The molecule has 0 bridgehead atoms. The molecule has 0 aromatic heterocycles. The van der Waals surface area contributed by atoms with Gasteiger partial charge in [-0.1, -0.05) is 13.8 Å². The van der Waals surface area contributed by atoms with Gasteiger partial charge in [0, 0.05) is 17.8 Å². The summed E-state index contributed by atoms with van der Waals surface area (Å²) in [4.78, 5) is 2.37. The summed E-state index contributed by atoms with van der Waals surface area (Å²) in [5.74, 6) is 0. The number of nitrogens with zero attached hydrogens (tertiary/aromatic N) is 1. The van der Waals surface area contributed by atoms with Gasteiger partial charge in [-0.05, 0) is 38.9 Å². The van der Waals surface area contributed by atoms with Gasteiger partial charge in [0.15, 0.2) is 0 Å². The first-order valence-electron chi connectivity index (χ1n) is 5.25. The molecule has 0 rings (SSSR count). The van der Waals surface area contributed by atoms with Gasteiger partial charge in [0.25, 0.3) is 0 Å². The molecule has 0 saturated carbocycles. The lowest BCUT2D eigenvalue weighted by Crippen LogP contribution is -2.29. The predicted octanol–water partition coefficient (Wildman–Crippen LogP) is 0.882. The van der Waals surface area contributed by atoms with Crippen molar-refractivity contribution < 1.29 is 8.76 Å². The average molecular weight is 221 g/mol. The predicted molar refractivity (Wildman–Crippen MR) is 58.6 cm³/mol. The fourth-order valence-electron chi connectivity index (χ4n) is 1.43. The Hall–Kier alpha value is 0.0300. The summed E-state index contributed by atoms with van der Waals surface area (Å²) in [5, 5.41) is 0. The Kier molecular flexibility index (Phi) is 9.60. The van der Waals surface area contributed by atoms with Crippen LogP contribution in [0.25, 0.3) is 0 Å². The molecule has 0 fully saturated rings. The molecule has 0 amide bonds. The zero-order chi connectivity index (χ0) is 10.8. The van der Waals surface area contributed by atoms with Gasteiger partial charge in [0.2, 0.25) is 0 Å². The minimum atomic E-state index is -2.11. The largest absolute Gasteiger partial charge is 0.760 e. The summed E-state index contributed by atoms with van der Waals surface area (Å²) in [7, 11) is 0. The van der Waals surface area contributed by atoms with E-state index in [0.29, 0.717) is 6.54 Å². The standard InChI is InChI=1S/C9H22N2O2S/c1-3-7-11(8-4-2)9-5-6-10-14(12)13/h10H,3-9H2,1-2H3,(H,12,13)/p-1. The van der Waals surface area contributed by atoms with Crippen LogP contribution >= 0.6 is 0 Å². The molecule has 1 unspecified atom stereocenters. The molecule has 5 heteroatoms. The summed E-state index contributed by atoms with van der Waals surface area (Å²) in [6, 6.07) is 0. The van der Waals surface area contributed by atoms with Crippen LogP contribution in [0.2, 0.25) is 0 Å². The highest BCUT2D eigenvalue weighted by molar-refractivity contribution is 7.77. The van der Waals surface area contributed by atoms with Crippen molar-refractivity contribution in [1.82, 2.24) is 9.62 Å². The Morgan fingerprint density at radius 2 is 1.79 bits per heavy atom. The molecule has 0 aromatic carbocycles. The normalized spacial score (nSPS) is 13.4. The Morgan fingerprint density at radius 3 is 2.21 bits per heavy atom. The molecular formula is C9H21N2O2S-. The molecule has 0 aliphatic rings. The van der Waals surface area contributed by atoms with Crippen LogP contribution in [0, 0.1) is 0 Å². The molecule has 0 saturated heterocycles. The molecule has 0 spiro atoms. The number of nitrogens with one attached hydrogen (secondary N) is 1. The molecule has 14 heavy (non-hydrogen) atoms. The minimum absolute atomic E-state index is 0.542. The van der Waals surface area contributed by atoms with Gasteiger partial charge in [-0.25, -0.2) is 4.72 Å². The van der Waals surface area contributed by atoms with Crippen LogP contribution in [0.3, 0.4) is 0 Å². The first kappa shape index (κ1) is 14.0. The van der Waals surface area contributed by atoms with Crippen molar-refractivity contribution >= 4 is 11.3 Å². The molecular weight excluding hydrogens is 200 g/mol. The number of hydrogen-bond donors (Lipinski definition) is 1. The van der Waals surface area contributed by atoms with Crippen molar-refractivity contribution in [3.05, 3.63) is 0 Å². The lowest BCUT2D eigenvalue weighted by molar-refractivity contribution is 0.272. The highest BCUT2D eigenvalue weighted by Gasteiger charge is 2.00. The van der Waals surface area contributed by atoms with E-state index < -0.39 is 11.3 Å². The Labute approximate surface area is 89.5 Å². The van der Waals surface area contributed by atoms with E-state index in [9.17, 15) is 8.76 Å². The van der Waals surface area contributed by atoms with Crippen molar-refractivity contribution in [3.8, 4) is 0 Å². The van der Waals surface area contributed by atoms with E-state index in [1.807, 2.05) is 0 Å². The third-order valence-electron chi connectivity index (χ3n) is 1.95. The second kappa shape index (κ2) is 9.58. The van der Waals surface area contributed by atoms with Gasteiger partial charge in [-0.3, -0.25) is 4.21 Å². The zero-order valence-electron chi connectivity index (χ0n) is 9.12. The van der Waals surface area contributed by atoms with E-state index in [4.69, 9.17) is 0 Å². The van der Waals surface area contributed by atoms with Crippen molar-refractivity contribution in [3.63, 3.8) is 0 Å². The zero-order valence-corrected chi connectivity index (χ0v) is 9.94. The fourth-order valence-corrected chi connectivity index (χ4v) is 1.74. The average Bonchev–Trinajstić information content (AvgIpc) is 2.12. The SMILES string of the molecule is CCCN(CCC)CCCNS(=O)[O-]. The van der Waals surface area contributed by atoms with Crippen molar-refractivity contribution in [2.75, 3.05) is 26.2 Å². The van der Waals surface area contributed by atoms with Gasteiger partial charge in [0.1, 0.15) is 0 Å². The molecule has 0 aliphatic carbocycles. The van der Waals surface area contributed by atoms with Crippen LogP contribution < -0.4 is 4.72 Å². The Morgan fingerprint density at radius 1 is 1.21 bits per heavy atom. The van der Waals surface area contributed by atoms with E-state index in [-0.39, 0.29) is 0 Å². The number of hydrogen-bond acceptors (Lipinski definition) is 3. The maximum Gasteiger partial charge on any atom is 0.0181 e. The summed E-state index contributed by atoms with van der Waals surface area (Å²) in [6.45, 7) is 8.05. The topological polar surface area (TPSA) is 55.4 Å². The second-order valence-electron chi connectivity index (χ2n) is 3.32. The van der Waals surface area contributed by atoms with Gasteiger partial charge < -0.3 is 9.45 Å². The van der Waals surface area contributed by atoms with Crippen LogP contribution in [0.15, 0.2) is 0 Å². The van der Waals surface area contributed by atoms with E-state index in [1.165, 1.54) is 0 Å². The molecule has 0 aliphatic heterocycles. The maximum absolute atomic E-state index is 10.2. The van der Waals surface area contributed by atoms with Crippen LogP contribution in [0.1, 0.15) is 33.1 Å². The molecule has 86 valence electrons. The fraction of sp³-hybridized carbons (Fsp3) is 1.00. The van der Waals surface area contributed by atoms with Gasteiger partial charge in [-0.15, -0.1) is 0 Å². The number of rotatable bonds is 9. The molecule has 0 heterocycles. The van der Waals surface area contributed by atoms with Crippen molar-refractivity contribution in [2.24, 2.45) is 0 Å². The van der Waals surface area contributed by atoms with E-state index in [0.717, 1.165) is 38.9 Å².